The largest absolute Gasteiger partial charge is 0.503 e. The van der Waals surface area contributed by atoms with Gasteiger partial charge in [-0.3, -0.25) is 9.59 Å². The fraction of sp³-hybridized carbons (Fsp3) is 0.412. The third-order valence-corrected chi connectivity index (χ3v) is 3.73. The van der Waals surface area contributed by atoms with Crippen molar-refractivity contribution in [2.45, 2.75) is 19.9 Å². The molecule has 2 rings (SSSR count). The van der Waals surface area contributed by atoms with Crippen molar-refractivity contribution in [3.63, 3.8) is 0 Å². The minimum absolute atomic E-state index is 0.121. The molecule has 1 aromatic rings. The zero-order valence-electron chi connectivity index (χ0n) is 13.5. The lowest BCUT2D eigenvalue weighted by atomic mass is 9.96. The number of hydrogen-bond donors (Lipinski definition) is 1. The molecule has 6 nitrogen and oxygen atoms in total. The van der Waals surface area contributed by atoms with Crippen LogP contribution in [-0.4, -0.2) is 48.6 Å². The molecule has 1 aliphatic rings. The van der Waals surface area contributed by atoms with E-state index >= 15 is 0 Å². The van der Waals surface area contributed by atoms with Gasteiger partial charge in [-0.1, -0.05) is 12.1 Å². The van der Waals surface area contributed by atoms with Crippen LogP contribution in [0.5, 0.6) is 5.75 Å². The fourth-order valence-corrected chi connectivity index (χ4v) is 2.69. The Morgan fingerprint density at radius 1 is 1.30 bits per heavy atom. The van der Waals surface area contributed by atoms with Gasteiger partial charge in [-0.2, -0.15) is 0 Å². The number of carbonyl (C=O) groups excluding carboxylic acids is 2. The number of amides is 1. The Kier molecular flexibility index (Phi) is 5.39. The van der Waals surface area contributed by atoms with Gasteiger partial charge in [0.05, 0.1) is 24.8 Å². The summed E-state index contributed by atoms with van der Waals surface area (Å²) < 4.78 is 10.4. The van der Waals surface area contributed by atoms with Gasteiger partial charge in [0.1, 0.15) is 5.75 Å². The van der Waals surface area contributed by atoms with E-state index < -0.39 is 17.7 Å². The predicted molar refractivity (Wildman–Crippen MR) is 84.3 cm³/mol. The second kappa shape index (κ2) is 7.28. The minimum atomic E-state index is -0.606. The van der Waals surface area contributed by atoms with Crippen LogP contribution in [0.15, 0.2) is 35.6 Å². The summed E-state index contributed by atoms with van der Waals surface area (Å²) in [7, 11) is 1.53. The van der Waals surface area contributed by atoms with Gasteiger partial charge in [0.2, 0.25) is 0 Å². The first-order chi connectivity index (χ1) is 11.0. The van der Waals surface area contributed by atoms with E-state index in [1.165, 1.54) is 18.9 Å². The SMILES string of the molecule is CCOc1ccc(C2C(C(C)=O)=C(O)C(=O)N2CCOC)cc1. The molecule has 1 heterocycles. The van der Waals surface area contributed by atoms with Crippen LogP contribution in [0.1, 0.15) is 25.5 Å². The standard InChI is InChI=1S/C17H21NO5/c1-4-23-13-7-5-12(6-8-13)15-14(11(2)19)16(20)17(21)18(15)9-10-22-3/h5-8,15,20H,4,9-10H2,1-3H3. The number of carbonyl (C=O) groups is 2. The molecule has 0 aromatic heterocycles. The van der Waals surface area contributed by atoms with Crippen LogP contribution in [-0.2, 0) is 14.3 Å². The normalized spacial score (nSPS) is 17.8. The number of methoxy groups -OCH3 is 1. The Morgan fingerprint density at radius 3 is 2.48 bits per heavy atom. The van der Waals surface area contributed by atoms with Crippen molar-refractivity contribution in [3.8, 4) is 5.75 Å². The molecule has 0 radical (unpaired) electrons. The molecule has 1 N–H and O–H groups in total. The Hall–Kier alpha value is -2.34. The van der Waals surface area contributed by atoms with Crippen molar-refractivity contribution in [3.05, 3.63) is 41.2 Å². The molecule has 23 heavy (non-hydrogen) atoms. The topological polar surface area (TPSA) is 76.1 Å². The fourth-order valence-electron chi connectivity index (χ4n) is 2.69. The quantitative estimate of drug-likeness (QED) is 0.832. The number of Topliss-reactive ketones (excluding diaryl/α,β-unsaturated/α-hetero) is 1. The number of ketones is 1. The van der Waals surface area contributed by atoms with Gasteiger partial charge >= 0.3 is 0 Å². The maximum atomic E-state index is 12.3. The van der Waals surface area contributed by atoms with Gasteiger partial charge in [0.15, 0.2) is 11.5 Å². The molecule has 0 saturated heterocycles. The Morgan fingerprint density at radius 2 is 1.96 bits per heavy atom. The van der Waals surface area contributed by atoms with E-state index in [1.807, 2.05) is 6.92 Å². The third kappa shape index (κ3) is 3.37. The van der Waals surface area contributed by atoms with Crippen LogP contribution in [0.2, 0.25) is 0 Å². The van der Waals surface area contributed by atoms with E-state index in [2.05, 4.69) is 0 Å². The molecule has 1 amide bonds. The number of nitrogens with zero attached hydrogens (tertiary/aromatic N) is 1. The Labute approximate surface area is 135 Å². The second-order valence-corrected chi connectivity index (χ2v) is 5.21. The van der Waals surface area contributed by atoms with Crippen molar-refractivity contribution >= 4 is 11.7 Å². The highest BCUT2D eigenvalue weighted by atomic mass is 16.5. The highest BCUT2D eigenvalue weighted by molar-refractivity contribution is 6.08. The predicted octanol–water partition coefficient (Wildman–Crippen LogP) is 2.02. The molecule has 1 unspecified atom stereocenters. The zero-order chi connectivity index (χ0) is 17.0. The van der Waals surface area contributed by atoms with Crippen LogP contribution in [0.3, 0.4) is 0 Å². The number of aliphatic hydroxyl groups excluding tert-OH is 1. The summed E-state index contributed by atoms with van der Waals surface area (Å²) in [6, 6.07) is 6.55. The monoisotopic (exact) mass is 319 g/mol. The zero-order valence-corrected chi connectivity index (χ0v) is 13.5. The van der Waals surface area contributed by atoms with Crippen molar-refractivity contribution in [2.75, 3.05) is 26.9 Å². The van der Waals surface area contributed by atoms with Gasteiger partial charge in [-0.05, 0) is 31.5 Å². The van der Waals surface area contributed by atoms with Crippen LogP contribution in [0.25, 0.3) is 0 Å². The lowest BCUT2D eigenvalue weighted by Gasteiger charge is -2.26. The van der Waals surface area contributed by atoms with E-state index in [9.17, 15) is 14.7 Å². The smallest absolute Gasteiger partial charge is 0.290 e. The maximum Gasteiger partial charge on any atom is 0.290 e. The number of rotatable bonds is 7. The van der Waals surface area contributed by atoms with Crippen LogP contribution >= 0.6 is 0 Å². The molecule has 0 spiro atoms. The van der Waals surface area contributed by atoms with Gasteiger partial charge in [-0.15, -0.1) is 0 Å². The molecule has 124 valence electrons. The van der Waals surface area contributed by atoms with Crippen LogP contribution in [0, 0.1) is 0 Å². The molecular weight excluding hydrogens is 298 g/mol. The molecule has 1 atom stereocenters. The summed E-state index contributed by atoms with van der Waals surface area (Å²) in [5.41, 5.74) is 0.863. The molecule has 1 aliphatic heterocycles. The Bertz CT molecular complexity index is 620. The van der Waals surface area contributed by atoms with Gasteiger partial charge in [0, 0.05) is 13.7 Å². The van der Waals surface area contributed by atoms with Crippen molar-refractivity contribution in [1.29, 1.82) is 0 Å². The summed E-state index contributed by atoms with van der Waals surface area (Å²) in [5, 5.41) is 10.1. The van der Waals surface area contributed by atoms with Crippen LogP contribution in [0.4, 0.5) is 0 Å². The third-order valence-electron chi connectivity index (χ3n) is 3.73. The average molecular weight is 319 g/mol. The van der Waals surface area contributed by atoms with Crippen LogP contribution < -0.4 is 4.74 Å². The van der Waals surface area contributed by atoms with Gasteiger partial charge in [0.25, 0.3) is 5.91 Å². The van der Waals surface area contributed by atoms with Crippen molar-refractivity contribution in [1.82, 2.24) is 4.90 Å². The summed E-state index contributed by atoms with van der Waals surface area (Å²) in [6.07, 6.45) is 0. The molecule has 0 aliphatic carbocycles. The maximum absolute atomic E-state index is 12.3. The van der Waals surface area contributed by atoms with Gasteiger partial charge < -0.3 is 19.5 Å². The summed E-state index contributed by atoms with van der Waals surface area (Å²) >= 11 is 0. The summed E-state index contributed by atoms with van der Waals surface area (Å²) in [4.78, 5) is 25.6. The summed E-state index contributed by atoms with van der Waals surface area (Å²) in [6.45, 7) is 4.40. The van der Waals surface area contributed by atoms with E-state index in [1.54, 1.807) is 24.3 Å². The number of aliphatic hydroxyl groups is 1. The van der Waals surface area contributed by atoms with E-state index in [0.29, 0.717) is 19.0 Å². The van der Waals surface area contributed by atoms with Crippen molar-refractivity contribution in [2.24, 2.45) is 0 Å². The van der Waals surface area contributed by atoms with Crippen molar-refractivity contribution < 1.29 is 24.2 Å². The number of hydrogen-bond acceptors (Lipinski definition) is 5. The second-order valence-electron chi connectivity index (χ2n) is 5.21. The molecule has 1 aromatic carbocycles. The first-order valence-corrected chi connectivity index (χ1v) is 7.48. The average Bonchev–Trinajstić information content (AvgIpc) is 2.78. The first-order valence-electron chi connectivity index (χ1n) is 7.48. The molecule has 0 bridgehead atoms. The van der Waals surface area contributed by atoms with E-state index in [-0.39, 0.29) is 17.9 Å². The Balaban J connectivity index is 2.39. The highest BCUT2D eigenvalue weighted by Gasteiger charge is 2.41. The molecule has 0 fully saturated rings. The summed E-state index contributed by atoms with van der Waals surface area (Å²) in [5.74, 6) is -0.644. The lowest BCUT2D eigenvalue weighted by molar-refractivity contribution is -0.130. The molecule has 6 heteroatoms. The highest BCUT2D eigenvalue weighted by Crippen LogP contribution is 2.37. The minimum Gasteiger partial charge on any atom is -0.503 e. The number of ether oxygens (including phenoxy) is 2. The van der Waals surface area contributed by atoms with E-state index in [0.717, 1.165) is 5.56 Å². The molecular formula is C17H21NO5. The first kappa shape index (κ1) is 17.0. The lowest BCUT2D eigenvalue weighted by Crippen LogP contribution is -2.33. The number of benzene rings is 1. The van der Waals surface area contributed by atoms with Gasteiger partial charge in [-0.25, -0.2) is 0 Å². The molecule has 0 saturated carbocycles. The van der Waals surface area contributed by atoms with E-state index in [4.69, 9.17) is 9.47 Å².